The Morgan fingerprint density at radius 2 is 2.20 bits per heavy atom. The van der Waals surface area contributed by atoms with E-state index in [0.29, 0.717) is 25.3 Å². The van der Waals surface area contributed by atoms with Gasteiger partial charge in [-0.15, -0.1) is 0 Å². The Morgan fingerprint density at radius 1 is 1.45 bits per heavy atom. The van der Waals surface area contributed by atoms with Crippen molar-refractivity contribution in [3.05, 3.63) is 29.6 Å². The summed E-state index contributed by atoms with van der Waals surface area (Å²) in [6.45, 7) is 3.46. The van der Waals surface area contributed by atoms with Crippen molar-refractivity contribution in [2.75, 3.05) is 19.8 Å². The van der Waals surface area contributed by atoms with Crippen molar-refractivity contribution in [2.24, 2.45) is 5.92 Å². The molecule has 1 aromatic rings. The second-order valence-electron chi connectivity index (χ2n) is 4.93. The molecule has 0 spiro atoms. The number of carbonyl (C=O) groups is 1. The Balaban J connectivity index is 2.14. The number of likely N-dealkylation sites (N-methyl/N-ethyl adjacent to an activating group) is 1. The lowest BCUT2D eigenvalue weighted by Crippen LogP contribution is -2.42. The first-order valence-corrected chi connectivity index (χ1v) is 6.54. The van der Waals surface area contributed by atoms with Crippen LogP contribution in [0.2, 0.25) is 0 Å². The smallest absolute Gasteiger partial charge is 0.310 e. The first kappa shape index (κ1) is 14.7. The van der Waals surface area contributed by atoms with Gasteiger partial charge in [-0.05, 0) is 24.2 Å². The van der Waals surface area contributed by atoms with E-state index >= 15 is 0 Å². The van der Waals surface area contributed by atoms with E-state index < -0.39 is 17.7 Å². The Kier molecular flexibility index (Phi) is 4.57. The first-order valence-electron chi connectivity index (χ1n) is 6.54. The van der Waals surface area contributed by atoms with Crippen LogP contribution in [0, 0.1) is 11.7 Å². The number of carboxylic acids is 1. The van der Waals surface area contributed by atoms with Crippen LogP contribution >= 0.6 is 0 Å². The molecule has 0 saturated carbocycles. The van der Waals surface area contributed by atoms with Gasteiger partial charge in [0.25, 0.3) is 0 Å². The molecule has 0 radical (unpaired) electrons. The summed E-state index contributed by atoms with van der Waals surface area (Å²) >= 11 is 0. The van der Waals surface area contributed by atoms with Crippen LogP contribution in [0.25, 0.3) is 0 Å². The van der Waals surface area contributed by atoms with Crippen LogP contribution in [0.3, 0.4) is 0 Å². The van der Waals surface area contributed by atoms with Crippen molar-refractivity contribution in [1.29, 1.82) is 0 Å². The second-order valence-corrected chi connectivity index (χ2v) is 4.93. The molecule has 6 heteroatoms. The van der Waals surface area contributed by atoms with Gasteiger partial charge >= 0.3 is 5.97 Å². The molecule has 2 atom stereocenters. The van der Waals surface area contributed by atoms with Crippen LogP contribution in [0.4, 0.5) is 4.39 Å². The maximum absolute atomic E-state index is 13.3. The van der Waals surface area contributed by atoms with Gasteiger partial charge in [-0.25, -0.2) is 4.39 Å². The summed E-state index contributed by atoms with van der Waals surface area (Å²) in [6.07, 6.45) is 0. The molecule has 2 rings (SSSR count). The number of aliphatic carboxylic acids is 1. The van der Waals surface area contributed by atoms with Crippen molar-refractivity contribution in [3.8, 4) is 5.75 Å². The fourth-order valence-corrected chi connectivity index (χ4v) is 2.56. The summed E-state index contributed by atoms with van der Waals surface area (Å²) in [5, 5.41) is 18.6. The molecule has 1 aliphatic rings. The predicted molar refractivity (Wildman–Crippen MR) is 69.9 cm³/mol. The average molecular weight is 283 g/mol. The van der Waals surface area contributed by atoms with Crippen molar-refractivity contribution >= 4 is 5.97 Å². The third-order valence-electron chi connectivity index (χ3n) is 3.57. The third kappa shape index (κ3) is 3.26. The van der Waals surface area contributed by atoms with Crippen molar-refractivity contribution in [2.45, 2.75) is 19.5 Å². The minimum Gasteiger partial charge on any atom is -0.508 e. The number of hydrogen-bond donors (Lipinski definition) is 2. The number of benzene rings is 1. The van der Waals surface area contributed by atoms with E-state index in [1.807, 2.05) is 11.8 Å². The normalized spacial score (nSPS) is 22.4. The molecule has 1 aliphatic heterocycles. The molecule has 110 valence electrons. The molecule has 2 N–H and O–H groups in total. The van der Waals surface area contributed by atoms with Gasteiger partial charge in [0.15, 0.2) is 0 Å². The summed E-state index contributed by atoms with van der Waals surface area (Å²) in [5.74, 6) is -2.09. The Bertz CT molecular complexity index is 474. The average Bonchev–Trinajstić information content (AvgIpc) is 2.83. The number of nitrogens with zero attached hydrogens (tertiary/aromatic N) is 1. The van der Waals surface area contributed by atoms with Crippen molar-refractivity contribution in [1.82, 2.24) is 4.90 Å². The van der Waals surface area contributed by atoms with E-state index in [9.17, 15) is 19.4 Å². The van der Waals surface area contributed by atoms with E-state index in [0.717, 1.165) is 6.07 Å². The number of phenols is 1. The SMILES string of the molecule is CCN(Cc1cc(O)cc(F)c1)C1COCC1C(=O)O. The van der Waals surface area contributed by atoms with Crippen molar-refractivity contribution in [3.63, 3.8) is 0 Å². The summed E-state index contributed by atoms with van der Waals surface area (Å²) in [5.41, 5.74) is 0.611. The summed E-state index contributed by atoms with van der Waals surface area (Å²) < 4.78 is 18.5. The minimum atomic E-state index is -0.881. The molecule has 0 bridgehead atoms. The van der Waals surface area contributed by atoms with Gasteiger partial charge in [0, 0.05) is 18.7 Å². The molecule has 2 unspecified atom stereocenters. The zero-order chi connectivity index (χ0) is 14.7. The lowest BCUT2D eigenvalue weighted by Gasteiger charge is -2.29. The molecule has 5 nitrogen and oxygen atoms in total. The van der Waals surface area contributed by atoms with Gasteiger partial charge in [-0.1, -0.05) is 6.92 Å². The largest absolute Gasteiger partial charge is 0.508 e. The fraction of sp³-hybridized carbons (Fsp3) is 0.500. The second kappa shape index (κ2) is 6.19. The highest BCUT2D eigenvalue weighted by Crippen LogP contribution is 2.23. The molecule has 1 heterocycles. The van der Waals surface area contributed by atoms with Gasteiger partial charge in [0.1, 0.15) is 11.6 Å². The molecular weight excluding hydrogens is 265 g/mol. The standard InChI is InChI=1S/C14H18FNO4/c1-2-16(13-8-20-7-12(13)14(18)19)6-9-3-10(15)5-11(17)4-9/h3-5,12-13,17H,2,6-8H2,1H3,(H,18,19). The number of rotatable bonds is 5. The Morgan fingerprint density at radius 3 is 2.80 bits per heavy atom. The maximum atomic E-state index is 13.3. The third-order valence-corrected chi connectivity index (χ3v) is 3.57. The van der Waals surface area contributed by atoms with Crippen LogP contribution in [-0.4, -0.2) is 46.9 Å². The number of phenolic OH excluding ortho intramolecular Hbond substituents is 1. The van der Waals surface area contributed by atoms with Crippen LogP contribution in [0.15, 0.2) is 18.2 Å². The zero-order valence-corrected chi connectivity index (χ0v) is 11.3. The predicted octanol–water partition coefficient (Wildman–Crippen LogP) is 1.45. The van der Waals surface area contributed by atoms with Gasteiger partial charge < -0.3 is 14.9 Å². The number of ether oxygens (including phenoxy) is 1. The van der Waals surface area contributed by atoms with E-state index in [4.69, 9.17) is 4.74 Å². The molecule has 0 aromatic heterocycles. The fourth-order valence-electron chi connectivity index (χ4n) is 2.56. The minimum absolute atomic E-state index is 0.131. The van der Waals surface area contributed by atoms with Gasteiger partial charge in [-0.2, -0.15) is 0 Å². The van der Waals surface area contributed by atoms with E-state index in [-0.39, 0.29) is 18.4 Å². The Hall–Kier alpha value is -1.66. The highest BCUT2D eigenvalue weighted by Gasteiger charge is 2.37. The van der Waals surface area contributed by atoms with Gasteiger partial charge in [-0.3, -0.25) is 9.69 Å². The maximum Gasteiger partial charge on any atom is 0.310 e. The molecule has 20 heavy (non-hydrogen) atoms. The van der Waals surface area contributed by atoms with Crippen LogP contribution in [0.1, 0.15) is 12.5 Å². The zero-order valence-electron chi connectivity index (χ0n) is 11.3. The quantitative estimate of drug-likeness (QED) is 0.856. The van der Waals surface area contributed by atoms with E-state index in [2.05, 4.69) is 0 Å². The summed E-state index contributed by atoms with van der Waals surface area (Å²) in [4.78, 5) is 13.1. The topological polar surface area (TPSA) is 70.0 Å². The highest BCUT2D eigenvalue weighted by molar-refractivity contribution is 5.71. The van der Waals surface area contributed by atoms with Gasteiger partial charge in [0.05, 0.1) is 19.1 Å². The molecule has 1 saturated heterocycles. The number of halogens is 1. The molecule has 1 fully saturated rings. The first-order chi connectivity index (χ1) is 9.51. The van der Waals surface area contributed by atoms with Crippen molar-refractivity contribution < 1.29 is 24.1 Å². The van der Waals surface area contributed by atoms with Crippen LogP contribution < -0.4 is 0 Å². The van der Waals surface area contributed by atoms with Gasteiger partial charge in [0.2, 0.25) is 0 Å². The van der Waals surface area contributed by atoms with Crippen LogP contribution in [0.5, 0.6) is 5.75 Å². The summed E-state index contributed by atoms with van der Waals surface area (Å²) in [6, 6.07) is 3.63. The summed E-state index contributed by atoms with van der Waals surface area (Å²) in [7, 11) is 0. The van der Waals surface area contributed by atoms with Crippen LogP contribution in [-0.2, 0) is 16.1 Å². The number of carboxylic acid groups (broad SMARTS) is 1. The monoisotopic (exact) mass is 283 g/mol. The molecule has 0 amide bonds. The lowest BCUT2D eigenvalue weighted by molar-refractivity contribution is -0.143. The Labute approximate surface area is 116 Å². The molecule has 1 aromatic carbocycles. The molecule has 0 aliphatic carbocycles. The number of hydrogen-bond acceptors (Lipinski definition) is 4. The number of aromatic hydroxyl groups is 1. The van der Waals surface area contributed by atoms with E-state index in [1.165, 1.54) is 12.1 Å². The molecular formula is C14H18FNO4. The highest BCUT2D eigenvalue weighted by atomic mass is 19.1. The van der Waals surface area contributed by atoms with E-state index in [1.54, 1.807) is 0 Å². The lowest BCUT2D eigenvalue weighted by atomic mass is 10.0.